The molecule has 1 heterocycles. The van der Waals surface area contributed by atoms with Crippen LogP contribution in [0.4, 0.5) is 10.1 Å². The Morgan fingerprint density at radius 3 is 2.70 bits per heavy atom. The first-order valence-electron chi connectivity index (χ1n) is 7.84. The van der Waals surface area contributed by atoms with Gasteiger partial charge in [-0.1, -0.05) is 26.0 Å². The van der Waals surface area contributed by atoms with Gasteiger partial charge < -0.3 is 4.90 Å². The van der Waals surface area contributed by atoms with Crippen molar-refractivity contribution in [3.63, 3.8) is 0 Å². The Hall–Kier alpha value is -1.31. The lowest BCUT2D eigenvalue weighted by Crippen LogP contribution is -2.33. The summed E-state index contributed by atoms with van der Waals surface area (Å²) in [5, 5.41) is 0. The number of anilines is 1. The molecule has 3 rings (SSSR count). The van der Waals surface area contributed by atoms with E-state index in [-0.39, 0.29) is 5.82 Å². The normalized spacial score (nSPS) is 29.0. The third kappa shape index (κ3) is 2.61. The van der Waals surface area contributed by atoms with Gasteiger partial charge in [0.15, 0.2) is 0 Å². The van der Waals surface area contributed by atoms with Crippen LogP contribution in [0, 0.1) is 23.6 Å². The van der Waals surface area contributed by atoms with Crippen LogP contribution in [0.25, 0.3) is 0 Å². The van der Waals surface area contributed by atoms with Gasteiger partial charge in [-0.15, -0.1) is 0 Å². The summed E-state index contributed by atoms with van der Waals surface area (Å²) in [5.74, 6) is 1.99. The van der Waals surface area contributed by atoms with Crippen LogP contribution in [0.1, 0.15) is 33.1 Å². The van der Waals surface area contributed by atoms with Crippen molar-refractivity contribution >= 4 is 5.69 Å². The van der Waals surface area contributed by atoms with Gasteiger partial charge in [-0.25, -0.2) is 4.39 Å². The molecule has 1 aromatic rings. The number of hydrogen-bond donors (Lipinski definition) is 0. The topological polar surface area (TPSA) is 3.24 Å². The first kappa shape index (κ1) is 13.7. The van der Waals surface area contributed by atoms with Gasteiger partial charge in [-0.2, -0.15) is 0 Å². The quantitative estimate of drug-likeness (QED) is 0.725. The lowest BCUT2D eigenvalue weighted by atomic mass is 9.81. The average Bonchev–Trinajstić information content (AvgIpc) is 2.78. The highest BCUT2D eigenvalue weighted by atomic mass is 19.1. The first-order chi connectivity index (χ1) is 9.65. The Bertz CT molecular complexity index is 477. The zero-order chi connectivity index (χ0) is 14.1. The molecule has 20 heavy (non-hydrogen) atoms. The minimum Gasteiger partial charge on any atom is -0.368 e. The third-order valence-corrected chi connectivity index (χ3v) is 4.75. The van der Waals surface area contributed by atoms with E-state index in [4.69, 9.17) is 0 Å². The minimum absolute atomic E-state index is 0.148. The molecule has 1 saturated heterocycles. The predicted molar refractivity (Wildman–Crippen MR) is 82.3 cm³/mol. The number of allylic oxidation sites excluding steroid dienone is 1. The van der Waals surface area contributed by atoms with Crippen molar-refractivity contribution in [1.82, 2.24) is 0 Å². The van der Waals surface area contributed by atoms with Gasteiger partial charge >= 0.3 is 0 Å². The van der Waals surface area contributed by atoms with Gasteiger partial charge in [0.05, 0.1) is 0 Å². The average molecular weight is 273 g/mol. The van der Waals surface area contributed by atoms with Gasteiger partial charge in [0.1, 0.15) is 5.82 Å². The molecule has 3 unspecified atom stereocenters. The lowest BCUT2D eigenvalue weighted by Gasteiger charge is -2.31. The molecule has 0 amide bonds. The Labute approximate surface area is 121 Å². The molecular formula is C18H24FN. The van der Waals surface area contributed by atoms with Crippen molar-refractivity contribution in [2.45, 2.75) is 39.2 Å². The fourth-order valence-electron chi connectivity index (χ4n) is 3.86. The van der Waals surface area contributed by atoms with Gasteiger partial charge in [-0.3, -0.25) is 0 Å². The van der Waals surface area contributed by atoms with E-state index >= 15 is 0 Å². The van der Waals surface area contributed by atoms with Crippen LogP contribution >= 0.6 is 0 Å². The zero-order valence-electron chi connectivity index (χ0n) is 12.4. The highest BCUT2D eigenvalue weighted by Gasteiger charge is 2.40. The Balaban J connectivity index is 1.88. The second kappa shape index (κ2) is 5.59. The van der Waals surface area contributed by atoms with Crippen molar-refractivity contribution in [3.05, 3.63) is 42.2 Å². The van der Waals surface area contributed by atoms with Crippen LogP contribution in [-0.2, 0) is 0 Å². The molecule has 1 nitrogen and oxygen atoms in total. The van der Waals surface area contributed by atoms with Crippen LogP contribution in [0.5, 0.6) is 0 Å². The number of halogens is 1. The molecule has 108 valence electrons. The van der Waals surface area contributed by atoms with E-state index in [2.05, 4.69) is 30.9 Å². The highest BCUT2D eigenvalue weighted by molar-refractivity contribution is 5.49. The van der Waals surface area contributed by atoms with Crippen molar-refractivity contribution in [2.24, 2.45) is 17.8 Å². The number of nitrogens with zero attached hydrogens (tertiary/aromatic N) is 1. The number of hydrogen-bond acceptors (Lipinski definition) is 1. The fourth-order valence-corrected chi connectivity index (χ4v) is 3.86. The van der Waals surface area contributed by atoms with E-state index in [0.717, 1.165) is 12.5 Å². The Morgan fingerprint density at radius 2 is 2.00 bits per heavy atom. The van der Waals surface area contributed by atoms with Gasteiger partial charge in [0, 0.05) is 24.2 Å². The van der Waals surface area contributed by atoms with Crippen LogP contribution < -0.4 is 4.90 Å². The summed E-state index contributed by atoms with van der Waals surface area (Å²) >= 11 is 0. The molecule has 1 aromatic carbocycles. The second-order valence-corrected chi connectivity index (χ2v) is 6.67. The van der Waals surface area contributed by atoms with E-state index < -0.39 is 0 Å². The second-order valence-electron chi connectivity index (χ2n) is 6.67. The molecule has 0 bridgehead atoms. The summed E-state index contributed by atoms with van der Waals surface area (Å²) in [6.45, 7) is 5.71. The summed E-state index contributed by atoms with van der Waals surface area (Å²) in [6, 6.07) is 7.61. The Kier molecular flexibility index (Phi) is 3.82. The van der Waals surface area contributed by atoms with Crippen molar-refractivity contribution in [1.29, 1.82) is 0 Å². The SMILES string of the molecule is CC(C)CC1C2C=CCCC2CN1c1ccc(F)cc1. The van der Waals surface area contributed by atoms with Crippen LogP contribution in [0.3, 0.4) is 0 Å². The summed E-state index contributed by atoms with van der Waals surface area (Å²) in [7, 11) is 0. The van der Waals surface area contributed by atoms with Gasteiger partial charge in [-0.05, 0) is 55.4 Å². The molecule has 1 fully saturated rings. The maximum Gasteiger partial charge on any atom is 0.123 e. The standard InChI is InChI=1S/C18H24FN/c1-13(2)11-18-17-6-4-3-5-14(17)12-20(18)16-9-7-15(19)8-10-16/h4,6-10,13-14,17-18H,3,5,11-12H2,1-2H3. The van der Waals surface area contributed by atoms with E-state index in [1.165, 1.54) is 24.9 Å². The molecule has 0 N–H and O–H groups in total. The first-order valence-corrected chi connectivity index (χ1v) is 7.84. The molecule has 2 aliphatic rings. The summed E-state index contributed by atoms with van der Waals surface area (Å²) in [6.07, 6.45) is 8.51. The number of rotatable bonds is 3. The molecular weight excluding hydrogens is 249 g/mol. The van der Waals surface area contributed by atoms with E-state index in [0.29, 0.717) is 17.9 Å². The summed E-state index contributed by atoms with van der Waals surface area (Å²) < 4.78 is 13.1. The van der Waals surface area contributed by atoms with Crippen LogP contribution in [-0.4, -0.2) is 12.6 Å². The monoisotopic (exact) mass is 273 g/mol. The number of fused-ring (bicyclic) bond motifs is 1. The summed E-state index contributed by atoms with van der Waals surface area (Å²) in [5.41, 5.74) is 1.18. The molecule has 3 atom stereocenters. The van der Waals surface area contributed by atoms with Crippen molar-refractivity contribution < 1.29 is 4.39 Å². The highest BCUT2D eigenvalue weighted by Crippen LogP contribution is 2.41. The molecule has 1 aliphatic carbocycles. The van der Waals surface area contributed by atoms with Crippen molar-refractivity contribution in [2.75, 3.05) is 11.4 Å². The molecule has 0 aromatic heterocycles. The Morgan fingerprint density at radius 1 is 1.25 bits per heavy atom. The van der Waals surface area contributed by atoms with Crippen LogP contribution in [0.15, 0.2) is 36.4 Å². The smallest absolute Gasteiger partial charge is 0.123 e. The van der Waals surface area contributed by atoms with E-state index in [9.17, 15) is 4.39 Å². The van der Waals surface area contributed by atoms with Gasteiger partial charge in [0.25, 0.3) is 0 Å². The zero-order valence-corrected chi connectivity index (χ0v) is 12.4. The molecule has 1 aliphatic heterocycles. The molecule has 0 radical (unpaired) electrons. The lowest BCUT2D eigenvalue weighted by molar-refractivity contribution is 0.368. The maximum atomic E-state index is 13.1. The third-order valence-electron chi connectivity index (χ3n) is 4.75. The van der Waals surface area contributed by atoms with Crippen molar-refractivity contribution in [3.8, 4) is 0 Å². The maximum absolute atomic E-state index is 13.1. The van der Waals surface area contributed by atoms with E-state index in [1.54, 1.807) is 12.1 Å². The molecule has 0 spiro atoms. The molecule has 2 heteroatoms. The fraction of sp³-hybridized carbons (Fsp3) is 0.556. The largest absolute Gasteiger partial charge is 0.368 e. The molecule has 0 saturated carbocycles. The predicted octanol–water partition coefficient (Wildman–Crippen LogP) is 4.64. The van der Waals surface area contributed by atoms with Crippen LogP contribution in [0.2, 0.25) is 0 Å². The minimum atomic E-state index is -0.148. The number of benzene rings is 1. The van der Waals surface area contributed by atoms with Gasteiger partial charge in [0.2, 0.25) is 0 Å². The summed E-state index contributed by atoms with van der Waals surface area (Å²) in [4.78, 5) is 2.52. The van der Waals surface area contributed by atoms with E-state index in [1.807, 2.05) is 12.1 Å².